The van der Waals surface area contributed by atoms with Gasteiger partial charge in [0.15, 0.2) is 0 Å². The van der Waals surface area contributed by atoms with E-state index in [0.717, 1.165) is 30.6 Å². The molecule has 0 heterocycles. The van der Waals surface area contributed by atoms with Crippen LogP contribution in [0.15, 0.2) is 42.5 Å². The van der Waals surface area contributed by atoms with Gasteiger partial charge in [0, 0.05) is 30.9 Å². The molecule has 0 saturated carbocycles. The monoisotopic (exact) mass is 432 g/mol. The highest BCUT2D eigenvalue weighted by Crippen LogP contribution is 2.35. The second-order valence-corrected chi connectivity index (χ2v) is 8.79. The van der Waals surface area contributed by atoms with Gasteiger partial charge in [-0.3, -0.25) is 0 Å². The van der Waals surface area contributed by atoms with Gasteiger partial charge in [0.05, 0.1) is 0 Å². The molecule has 1 N–H and O–H groups in total. The zero-order chi connectivity index (χ0) is 22.6. The van der Waals surface area contributed by atoms with Gasteiger partial charge in [0.2, 0.25) is 0 Å². The van der Waals surface area contributed by atoms with E-state index >= 15 is 0 Å². The standard InChI is InChI=1S/C24H30F2N2O3/c1-24(2,3)31-23(29)27-15-17-7-5-6-16-14-19(10-13-21(16)17)28(4)18-8-11-20(12-9-18)30-22(25)26/h8-14,17,22H,5-7,15H2,1-4H3,(H,27,29)/t17-/m0/s1. The highest BCUT2D eigenvalue weighted by Gasteiger charge is 2.23. The first-order chi connectivity index (χ1) is 14.6. The molecule has 7 heteroatoms. The average molecular weight is 433 g/mol. The van der Waals surface area contributed by atoms with Crippen LogP contribution in [0.4, 0.5) is 25.0 Å². The number of hydrogen-bond acceptors (Lipinski definition) is 4. The lowest BCUT2D eigenvalue weighted by Crippen LogP contribution is -2.35. The molecule has 2 aromatic carbocycles. The van der Waals surface area contributed by atoms with Crippen molar-refractivity contribution in [3.63, 3.8) is 0 Å². The molecule has 31 heavy (non-hydrogen) atoms. The maximum atomic E-state index is 12.3. The van der Waals surface area contributed by atoms with Crippen LogP contribution in [0, 0.1) is 0 Å². The summed E-state index contributed by atoms with van der Waals surface area (Å²) in [6.45, 7) is 3.25. The highest BCUT2D eigenvalue weighted by atomic mass is 19.3. The Hall–Kier alpha value is -2.83. The smallest absolute Gasteiger partial charge is 0.407 e. The van der Waals surface area contributed by atoms with Crippen LogP contribution < -0.4 is 15.0 Å². The van der Waals surface area contributed by atoms with Gasteiger partial charge in [-0.1, -0.05) is 6.07 Å². The zero-order valence-corrected chi connectivity index (χ0v) is 18.5. The number of carbonyl (C=O) groups is 1. The Kier molecular flexibility index (Phi) is 7.03. The van der Waals surface area contributed by atoms with Crippen molar-refractivity contribution < 1.29 is 23.0 Å². The van der Waals surface area contributed by atoms with Crippen molar-refractivity contribution in [1.29, 1.82) is 0 Å². The van der Waals surface area contributed by atoms with Crippen LogP contribution in [0.1, 0.15) is 50.7 Å². The molecule has 0 saturated heterocycles. The van der Waals surface area contributed by atoms with Crippen molar-refractivity contribution in [2.75, 3.05) is 18.5 Å². The van der Waals surface area contributed by atoms with E-state index in [4.69, 9.17) is 4.74 Å². The number of anilines is 2. The summed E-state index contributed by atoms with van der Waals surface area (Å²) in [4.78, 5) is 14.0. The molecule has 168 valence electrons. The van der Waals surface area contributed by atoms with Crippen LogP contribution in [0.5, 0.6) is 5.75 Å². The Morgan fingerprint density at radius 3 is 2.48 bits per heavy atom. The van der Waals surface area contributed by atoms with Crippen molar-refractivity contribution in [1.82, 2.24) is 5.32 Å². The molecule has 0 bridgehead atoms. The Morgan fingerprint density at radius 1 is 1.16 bits per heavy atom. The lowest BCUT2D eigenvalue weighted by molar-refractivity contribution is -0.0498. The topological polar surface area (TPSA) is 50.8 Å². The molecule has 5 nitrogen and oxygen atoms in total. The van der Waals surface area contributed by atoms with Crippen LogP contribution in [-0.2, 0) is 11.2 Å². The molecule has 1 aliphatic carbocycles. The van der Waals surface area contributed by atoms with E-state index in [1.165, 1.54) is 23.3 Å². The molecule has 1 atom stereocenters. The van der Waals surface area contributed by atoms with E-state index in [1.807, 2.05) is 38.8 Å². The fourth-order valence-electron chi connectivity index (χ4n) is 3.84. The first kappa shape index (κ1) is 22.8. The first-order valence-electron chi connectivity index (χ1n) is 10.5. The van der Waals surface area contributed by atoms with Gasteiger partial charge in [-0.05, 0) is 87.6 Å². The van der Waals surface area contributed by atoms with Gasteiger partial charge >= 0.3 is 12.7 Å². The lowest BCUT2D eigenvalue weighted by Gasteiger charge is -2.28. The molecule has 2 aromatic rings. The second kappa shape index (κ2) is 9.54. The van der Waals surface area contributed by atoms with Crippen LogP contribution in [0.25, 0.3) is 0 Å². The minimum Gasteiger partial charge on any atom is -0.444 e. The fraction of sp³-hybridized carbons (Fsp3) is 0.458. The number of halogens is 2. The minimum absolute atomic E-state index is 0.137. The summed E-state index contributed by atoms with van der Waals surface area (Å²) in [6, 6.07) is 12.9. The van der Waals surface area contributed by atoms with E-state index in [2.05, 4.69) is 22.2 Å². The number of benzene rings is 2. The van der Waals surface area contributed by atoms with Gasteiger partial charge in [0.1, 0.15) is 11.4 Å². The quantitative estimate of drug-likeness (QED) is 0.608. The Balaban J connectivity index is 1.68. The molecular formula is C24H30F2N2O3. The number of alkyl halides is 2. The maximum absolute atomic E-state index is 12.3. The third kappa shape index (κ3) is 6.32. The van der Waals surface area contributed by atoms with Crippen LogP contribution in [0.2, 0.25) is 0 Å². The Labute approximate surface area is 182 Å². The number of fused-ring (bicyclic) bond motifs is 1. The Bertz CT molecular complexity index is 895. The molecule has 0 unspecified atom stereocenters. The molecule has 0 radical (unpaired) electrons. The molecule has 0 aromatic heterocycles. The third-order valence-electron chi connectivity index (χ3n) is 5.29. The molecule has 0 fully saturated rings. The van der Waals surface area contributed by atoms with Crippen molar-refractivity contribution in [3.8, 4) is 5.75 Å². The number of nitrogens with zero attached hydrogens (tertiary/aromatic N) is 1. The summed E-state index contributed by atoms with van der Waals surface area (Å²) < 4.78 is 34.4. The van der Waals surface area contributed by atoms with Gasteiger partial charge in [-0.15, -0.1) is 0 Å². The summed E-state index contributed by atoms with van der Waals surface area (Å²) in [5.41, 5.74) is 3.89. The first-order valence-corrected chi connectivity index (χ1v) is 10.5. The van der Waals surface area contributed by atoms with E-state index < -0.39 is 18.3 Å². The lowest BCUT2D eigenvalue weighted by atomic mass is 9.82. The highest BCUT2D eigenvalue weighted by molar-refractivity contribution is 5.68. The number of ether oxygens (including phenoxy) is 2. The summed E-state index contributed by atoms with van der Waals surface area (Å²) in [5, 5.41) is 2.89. The van der Waals surface area contributed by atoms with E-state index in [-0.39, 0.29) is 11.7 Å². The van der Waals surface area contributed by atoms with E-state index in [0.29, 0.717) is 6.54 Å². The molecule has 1 aliphatic rings. The third-order valence-corrected chi connectivity index (χ3v) is 5.29. The molecule has 0 spiro atoms. The minimum atomic E-state index is -2.83. The number of amides is 1. The average Bonchev–Trinajstić information content (AvgIpc) is 2.70. The van der Waals surface area contributed by atoms with Crippen molar-refractivity contribution in [3.05, 3.63) is 53.6 Å². The van der Waals surface area contributed by atoms with Crippen LogP contribution in [-0.4, -0.2) is 31.9 Å². The number of aryl methyl sites for hydroxylation is 1. The van der Waals surface area contributed by atoms with Gasteiger partial charge in [-0.2, -0.15) is 8.78 Å². The number of alkyl carbamates (subject to hydrolysis) is 1. The van der Waals surface area contributed by atoms with Gasteiger partial charge in [-0.25, -0.2) is 4.79 Å². The number of hydrogen-bond donors (Lipinski definition) is 1. The summed E-state index contributed by atoms with van der Waals surface area (Å²) in [6.07, 6.45) is 2.67. The predicted octanol–water partition coefficient (Wildman–Crippen LogP) is 6.00. The van der Waals surface area contributed by atoms with E-state index in [9.17, 15) is 13.6 Å². The summed E-state index contributed by atoms with van der Waals surface area (Å²) in [5.74, 6) is 0.388. The molecule has 1 amide bonds. The van der Waals surface area contributed by atoms with Gasteiger partial charge in [0.25, 0.3) is 0 Å². The molecular weight excluding hydrogens is 402 g/mol. The van der Waals surface area contributed by atoms with Crippen molar-refractivity contribution in [2.45, 2.75) is 58.2 Å². The van der Waals surface area contributed by atoms with Crippen molar-refractivity contribution in [2.24, 2.45) is 0 Å². The predicted molar refractivity (Wildman–Crippen MR) is 117 cm³/mol. The molecule has 3 rings (SSSR count). The number of carbonyl (C=O) groups excluding carboxylic acids is 1. The van der Waals surface area contributed by atoms with E-state index in [1.54, 1.807) is 12.1 Å². The van der Waals surface area contributed by atoms with Crippen LogP contribution in [0.3, 0.4) is 0 Å². The van der Waals surface area contributed by atoms with Gasteiger partial charge < -0.3 is 19.7 Å². The van der Waals surface area contributed by atoms with Crippen LogP contribution >= 0.6 is 0 Å². The largest absolute Gasteiger partial charge is 0.444 e. The Morgan fingerprint density at radius 2 is 1.84 bits per heavy atom. The molecule has 0 aliphatic heterocycles. The maximum Gasteiger partial charge on any atom is 0.407 e. The fourth-order valence-corrected chi connectivity index (χ4v) is 3.84. The van der Waals surface area contributed by atoms with Crippen molar-refractivity contribution >= 4 is 17.5 Å². The number of rotatable bonds is 6. The second-order valence-electron chi connectivity index (χ2n) is 8.79. The SMILES string of the molecule is CN(c1ccc(OC(F)F)cc1)c1ccc2c(c1)CCC[C@H]2CNC(=O)OC(C)(C)C. The zero-order valence-electron chi connectivity index (χ0n) is 18.5. The normalized spacial score (nSPS) is 15.9. The number of nitrogens with one attached hydrogen (secondary N) is 1. The summed E-state index contributed by atoms with van der Waals surface area (Å²) in [7, 11) is 1.94. The summed E-state index contributed by atoms with van der Waals surface area (Å²) >= 11 is 0.